The molecule has 0 aliphatic rings. The van der Waals surface area contributed by atoms with Crippen LogP contribution in [0.25, 0.3) is 0 Å². The number of aromatic nitrogens is 2. The van der Waals surface area contributed by atoms with Gasteiger partial charge in [-0.25, -0.2) is 9.78 Å². The normalized spacial score (nSPS) is 12.2. The smallest absolute Gasteiger partial charge is 0.328 e. The molecule has 1 aromatic heterocycles. The number of ether oxygens (including phenoxy) is 1. The number of amides is 1. The monoisotopic (exact) mass is 247 g/mol. The van der Waals surface area contributed by atoms with E-state index >= 15 is 0 Å². The molecule has 0 fully saturated rings. The van der Waals surface area contributed by atoms with Crippen LogP contribution in [0.2, 0.25) is 0 Å². The molecule has 8 heteroatoms. The summed E-state index contributed by atoms with van der Waals surface area (Å²) >= 11 is 0. The van der Waals surface area contributed by atoms with Crippen molar-refractivity contribution in [1.82, 2.24) is 15.3 Å². The third kappa shape index (κ3) is 3.82. The molecule has 0 saturated heterocycles. The molecule has 0 aliphatic carbocycles. The van der Waals surface area contributed by atoms with Gasteiger partial charge in [-0.05, 0) is 0 Å². The van der Waals surface area contributed by atoms with Crippen molar-refractivity contribution in [2.24, 2.45) is 0 Å². The summed E-state index contributed by atoms with van der Waals surface area (Å²) in [4.78, 5) is 28.5. The standard InChI is InChI=1S/C9H11F2N3O3/c1-17-9(16)6(14-8(15)7(10)11)2-5-3-12-4-13-5/h3-4,6-7H,2H2,1H3,(H,12,13)(H,14,15)/t6-/m0/s1. The number of hydrogen-bond donors (Lipinski definition) is 2. The lowest BCUT2D eigenvalue weighted by atomic mass is 10.1. The number of aromatic amines is 1. The van der Waals surface area contributed by atoms with Crippen molar-refractivity contribution >= 4 is 11.9 Å². The molecule has 6 nitrogen and oxygen atoms in total. The van der Waals surface area contributed by atoms with Crippen LogP contribution in [0.15, 0.2) is 12.5 Å². The second-order valence-corrected chi connectivity index (χ2v) is 3.17. The number of halogens is 2. The zero-order valence-electron chi connectivity index (χ0n) is 8.94. The van der Waals surface area contributed by atoms with Gasteiger partial charge in [0.1, 0.15) is 6.04 Å². The number of H-pyrrole nitrogens is 1. The predicted octanol–water partition coefficient (Wildman–Crippen LogP) is -0.125. The first-order valence-electron chi connectivity index (χ1n) is 4.68. The number of alkyl halides is 2. The molecular weight excluding hydrogens is 236 g/mol. The number of methoxy groups -OCH3 is 1. The fraction of sp³-hybridized carbons (Fsp3) is 0.444. The molecule has 1 rings (SSSR count). The van der Waals surface area contributed by atoms with Gasteiger partial charge < -0.3 is 15.0 Å². The fourth-order valence-electron chi connectivity index (χ4n) is 1.19. The molecular formula is C9H11F2N3O3. The second kappa shape index (κ2) is 5.92. The molecule has 94 valence electrons. The van der Waals surface area contributed by atoms with Gasteiger partial charge >= 0.3 is 12.4 Å². The summed E-state index contributed by atoms with van der Waals surface area (Å²) in [6.07, 6.45) is -0.377. The second-order valence-electron chi connectivity index (χ2n) is 3.17. The van der Waals surface area contributed by atoms with Crippen LogP contribution in [-0.2, 0) is 20.7 Å². The van der Waals surface area contributed by atoms with Gasteiger partial charge in [0.15, 0.2) is 0 Å². The highest BCUT2D eigenvalue weighted by atomic mass is 19.3. The van der Waals surface area contributed by atoms with Gasteiger partial charge in [-0.2, -0.15) is 8.78 Å². The Morgan fingerprint density at radius 3 is 2.76 bits per heavy atom. The molecule has 0 radical (unpaired) electrons. The third-order valence-corrected chi connectivity index (χ3v) is 1.98. The number of nitrogens with zero attached hydrogens (tertiary/aromatic N) is 1. The Kier molecular flexibility index (Phi) is 4.56. The van der Waals surface area contributed by atoms with E-state index in [2.05, 4.69) is 14.7 Å². The Morgan fingerprint density at radius 1 is 1.59 bits per heavy atom. The van der Waals surface area contributed by atoms with E-state index in [4.69, 9.17) is 0 Å². The average molecular weight is 247 g/mol. The molecule has 1 amide bonds. The number of nitrogens with one attached hydrogen (secondary N) is 2. The van der Waals surface area contributed by atoms with Gasteiger partial charge in [0, 0.05) is 18.3 Å². The summed E-state index contributed by atoms with van der Waals surface area (Å²) in [5, 5.41) is 1.89. The van der Waals surface area contributed by atoms with Crippen LogP contribution < -0.4 is 5.32 Å². The molecule has 1 heterocycles. The van der Waals surface area contributed by atoms with E-state index in [1.54, 1.807) is 0 Å². The number of rotatable bonds is 5. The van der Waals surface area contributed by atoms with Crippen LogP contribution in [-0.4, -0.2) is 41.4 Å². The SMILES string of the molecule is COC(=O)[C@H](Cc1cnc[nH]1)NC(=O)C(F)F. The van der Waals surface area contributed by atoms with Gasteiger partial charge in [-0.15, -0.1) is 0 Å². The topological polar surface area (TPSA) is 84.1 Å². The summed E-state index contributed by atoms with van der Waals surface area (Å²) in [5.41, 5.74) is 0.523. The van der Waals surface area contributed by atoms with Crippen molar-refractivity contribution in [2.75, 3.05) is 7.11 Å². The lowest BCUT2D eigenvalue weighted by Crippen LogP contribution is -2.45. The maximum atomic E-state index is 12.1. The Bertz CT molecular complexity index is 381. The van der Waals surface area contributed by atoms with Crippen LogP contribution in [0.3, 0.4) is 0 Å². The van der Waals surface area contributed by atoms with E-state index in [1.807, 2.05) is 5.32 Å². The van der Waals surface area contributed by atoms with Gasteiger partial charge in [0.25, 0.3) is 5.91 Å². The molecule has 0 unspecified atom stereocenters. The molecule has 2 N–H and O–H groups in total. The zero-order chi connectivity index (χ0) is 12.8. The summed E-state index contributed by atoms with van der Waals surface area (Å²) in [6.45, 7) is 0. The number of carbonyl (C=O) groups is 2. The van der Waals surface area contributed by atoms with Crippen LogP contribution in [0.1, 0.15) is 5.69 Å². The van der Waals surface area contributed by atoms with E-state index in [9.17, 15) is 18.4 Å². The van der Waals surface area contributed by atoms with Crippen molar-refractivity contribution < 1.29 is 23.1 Å². The van der Waals surface area contributed by atoms with Crippen molar-refractivity contribution in [3.8, 4) is 0 Å². The highest BCUT2D eigenvalue weighted by Gasteiger charge is 2.26. The van der Waals surface area contributed by atoms with Crippen molar-refractivity contribution in [3.63, 3.8) is 0 Å². The lowest BCUT2D eigenvalue weighted by molar-refractivity contribution is -0.146. The Balaban J connectivity index is 2.67. The van der Waals surface area contributed by atoms with Crippen molar-refractivity contribution in [3.05, 3.63) is 18.2 Å². The van der Waals surface area contributed by atoms with E-state index in [1.165, 1.54) is 12.5 Å². The predicted molar refractivity (Wildman–Crippen MR) is 52.2 cm³/mol. The quantitative estimate of drug-likeness (QED) is 0.710. The van der Waals surface area contributed by atoms with E-state index < -0.39 is 24.3 Å². The number of hydrogen-bond acceptors (Lipinski definition) is 4. The van der Waals surface area contributed by atoms with Gasteiger partial charge in [-0.1, -0.05) is 0 Å². The first-order valence-corrected chi connectivity index (χ1v) is 4.68. The molecule has 0 saturated carbocycles. The van der Waals surface area contributed by atoms with Crippen LogP contribution in [0.4, 0.5) is 8.78 Å². The molecule has 17 heavy (non-hydrogen) atoms. The van der Waals surface area contributed by atoms with Gasteiger partial charge in [0.05, 0.1) is 13.4 Å². The summed E-state index contributed by atoms with van der Waals surface area (Å²) in [5.74, 6) is -2.31. The van der Waals surface area contributed by atoms with E-state index in [0.29, 0.717) is 5.69 Å². The molecule has 1 aromatic rings. The van der Waals surface area contributed by atoms with E-state index in [0.717, 1.165) is 7.11 Å². The van der Waals surface area contributed by atoms with Crippen LogP contribution in [0.5, 0.6) is 0 Å². The number of imidazole rings is 1. The average Bonchev–Trinajstić information content (AvgIpc) is 2.79. The summed E-state index contributed by atoms with van der Waals surface area (Å²) in [7, 11) is 1.11. The molecule has 0 spiro atoms. The van der Waals surface area contributed by atoms with E-state index in [-0.39, 0.29) is 6.42 Å². The zero-order valence-corrected chi connectivity index (χ0v) is 8.94. The summed E-state index contributed by atoms with van der Waals surface area (Å²) in [6, 6.07) is -1.16. The Labute approximate surface area is 95.4 Å². The largest absolute Gasteiger partial charge is 0.467 e. The Hall–Kier alpha value is -1.99. The molecule has 0 aromatic carbocycles. The first-order chi connectivity index (χ1) is 8.04. The van der Waals surface area contributed by atoms with Crippen molar-refractivity contribution in [1.29, 1.82) is 0 Å². The minimum Gasteiger partial charge on any atom is -0.467 e. The number of esters is 1. The minimum atomic E-state index is -3.18. The van der Waals surface area contributed by atoms with Crippen LogP contribution in [0, 0.1) is 0 Å². The van der Waals surface area contributed by atoms with Gasteiger partial charge in [0.2, 0.25) is 0 Å². The third-order valence-electron chi connectivity index (χ3n) is 1.98. The van der Waals surface area contributed by atoms with Crippen LogP contribution >= 0.6 is 0 Å². The highest BCUT2D eigenvalue weighted by molar-refractivity contribution is 5.86. The summed E-state index contributed by atoms with van der Waals surface area (Å²) < 4.78 is 28.5. The Morgan fingerprint density at radius 2 is 2.29 bits per heavy atom. The molecule has 0 bridgehead atoms. The number of carbonyl (C=O) groups excluding carboxylic acids is 2. The lowest BCUT2D eigenvalue weighted by Gasteiger charge is -2.15. The van der Waals surface area contributed by atoms with Gasteiger partial charge in [-0.3, -0.25) is 4.79 Å². The maximum absolute atomic E-state index is 12.1. The minimum absolute atomic E-state index is 0.00509. The highest BCUT2D eigenvalue weighted by Crippen LogP contribution is 2.02. The molecule has 1 atom stereocenters. The molecule has 0 aliphatic heterocycles. The first kappa shape index (κ1) is 13.1. The fourth-order valence-corrected chi connectivity index (χ4v) is 1.19. The maximum Gasteiger partial charge on any atom is 0.328 e. The van der Waals surface area contributed by atoms with Crippen molar-refractivity contribution in [2.45, 2.75) is 18.9 Å².